The normalized spacial score (nSPS) is 12.0. The number of hydrogen-bond donors (Lipinski definition) is 1. The molecule has 7 heteroatoms. The van der Waals surface area contributed by atoms with Crippen LogP contribution >= 0.6 is 11.8 Å². The maximum absolute atomic E-state index is 12.9. The van der Waals surface area contributed by atoms with E-state index in [1.54, 1.807) is 7.11 Å². The molecule has 4 rings (SSSR count). The van der Waals surface area contributed by atoms with Gasteiger partial charge in [0.1, 0.15) is 11.6 Å². The Bertz CT molecular complexity index is 1180. The number of methoxy groups -OCH3 is 1. The largest absolute Gasteiger partial charge is 0.497 e. The van der Waals surface area contributed by atoms with E-state index in [0.717, 1.165) is 33.7 Å². The van der Waals surface area contributed by atoms with Crippen LogP contribution in [0.3, 0.4) is 0 Å². The van der Waals surface area contributed by atoms with Crippen LogP contribution in [0.25, 0.3) is 16.5 Å². The molecule has 152 valence electrons. The highest BCUT2D eigenvalue weighted by atomic mass is 32.2. The molecule has 0 bridgehead atoms. The van der Waals surface area contributed by atoms with E-state index in [2.05, 4.69) is 15.5 Å². The third-order valence-electron chi connectivity index (χ3n) is 4.82. The first-order valence-electron chi connectivity index (χ1n) is 9.58. The SMILES string of the molecule is COc1ccc(-n2c(C)nnc2S[C@@H](C)C(=O)Nc2cccc3ccccc23)cc1. The molecule has 1 heterocycles. The Morgan fingerprint density at radius 2 is 1.77 bits per heavy atom. The van der Waals surface area contributed by atoms with E-state index in [0.29, 0.717) is 5.16 Å². The van der Waals surface area contributed by atoms with Crippen LogP contribution in [-0.2, 0) is 4.79 Å². The summed E-state index contributed by atoms with van der Waals surface area (Å²) in [4.78, 5) is 12.9. The van der Waals surface area contributed by atoms with Gasteiger partial charge in [0.15, 0.2) is 5.16 Å². The summed E-state index contributed by atoms with van der Waals surface area (Å²) < 4.78 is 7.17. The number of benzene rings is 3. The van der Waals surface area contributed by atoms with Crippen LogP contribution in [0.1, 0.15) is 12.7 Å². The van der Waals surface area contributed by atoms with Crippen molar-refractivity contribution in [1.29, 1.82) is 0 Å². The Labute approximate surface area is 179 Å². The van der Waals surface area contributed by atoms with Crippen molar-refractivity contribution in [2.75, 3.05) is 12.4 Å². The zero-order valence-electron chi connectivity index (χ0n) is 17.0. The predicted molar refractivity (Wildman–Crippen MR) is 121 cm³/mol. The number of thioether (sulfide) groups is 1. The molecule has 4 aromatic rings. The number of aromatic nitrogens is 3. The van der Waals surface area contributed by atoms with E-state index >= 15 is 0 Å². The number of amides is 1. The van der Waals surface area contributed by atoms with Crippen molar-refractivity contribution < 1.29 is 9.53 Å². The van der Waals surface area contributed by atoms with Crippen molar-refractivity contribution >= 4 is 34.1 Å². The molecule has 0 aliphatic heterocycles. The summed E-state index contributed by atoms with van der Waals surface area (Å²) in [7, 11) is 1.64. The Morgan fingerprint density at radius 1 is 1.03 bits per heavy atom. The minimum absolute atomic E-state index is 0.0849. The second kappa shape index (κ2) is 8.59. The van der Waals surface area contributed by atoms with Crippen molar-refractivity contribution in [1.82, 2.24) is 14.8 Å². The lowest BCUT2D eigenvalue weighted by atomic mass is 10.1. The lowest BCUT2D eigenvalue weighted by Crippen LogP contribution is -2.23. The fraction of sp³-hybridized carbons (Fsp3) is 0.174. The molecule has 1 aromatic heterocycles. The second-order valence-corrected chi connectivity index (χ2v) is 8.15. The highest BCUT2D eigenvalue weighted by Crippen LogP contribution is 2.28. The van der Waals surface area contributed by atoms with Crippen LogP contribution in [0, 0.1) is 6.92 Å². The summed E-state index contributed by atoms with van der Waals surface area (Å²) in [6, 6.07) is 21.6. The maximum Gasteiger partial charge on any atom is 0.237 e. The highest BCUT2D eigenvalue weighted by molar-refractivity contribution is 8.00. The molecule has 0 saturated carbocycles. The highest BCUT2D eigenvalue weighted by Gasteiger charge is 2.20. The molecule has 1 N–H and O–H groups in total. The fourth-order valence-electron chi connectivity index (χ4n) is 3.23. The van der Waals surface area contributed by atoms with E-state index in [1.165, 1.54) is 11.8 Å². The van der Waals surface area contributed by atoms with Gasteiger partial charge in [-0.2, -0.15) is 0 Å². The lowest BCUT2D eigenvalue weighted by Gasteiger charge is -2.14. The number of carbonyl (C=O) groups is 1. The number of hydrogen-bond acceptors (Lipinski definition) is 5. The smallest absolute Gasteiger partial charge is 0.237 e. The van der Waals surface area contributed by atoms with Crippen LogP contribution < -0.4 is 10.1 Å². The molecule has 1 atom stereocenters. The van der Waals surface area contributed by atoms with Crippen LogP contribution in [0.2, 0.25) is 0 Å². The van der Waals surface area contributed by atoms with E-state index in [-0.39, 0.29) is 11.2 Å². The lowest BCUT2D eigenvalue weighted by molar-refractivity contribution is -0.115. The molecule has 0 saturated heterocycles. The molecular weight excluding hydrogens is 396 g/mol. The van der Waals surface area contributed by atoms with E-state index in [1.807, 2.05) is 85.1 Å². The van der Waals surface area contributed by atoms with Gasteiger partial charge in [-0.3, -0.25) is 9.36 Å². The summed E-state index contributed by atoms with van der Waals surface area (Å²) >= 11 is 1.37. The number of fused-ring (bicyclic) bond motifs is 1. The molecule has 0 radical (unpaired) electrons. The molecule has 6 nitrogen and oxygen atoms in total. The van der Waals surface area contributed by atoms with Crippen molar-refractivity contribution in [2.45, 2.75) is 24.3 Å². The zero-order valence-corrected chi connectivity index (χ0v) is 17.8. The standard InChI is InChI=1S/C23H22N4O2S/c1-15(22(28)24-21-10-6-8-17-7-4-5-9-20(17)21)30-23-26-25-16(2)27(23)18-11-13-19(29-3)14-12-18/h4-15H,1-3H3,(H,24,28)/t15-/m0/s1. The van der Waals surface area contributed by atoms with E-state index in [9.17, 15) is 4.79 Å². The third-order valence-corrected chi connectivity index (χ3v) is 5.87. The van der Waals surface area contributed by atoms with Gasteiger partial charge in [0.05, 0.1) is 12.4 Å². The predicted octanol–water partition coefficient (Wildman–Crippen LogP) is 4.86. The van der Waals surface area contributed by atoms with Crippen LogP contribution in [0.15, 0.2) is 71.9 Å². The molecule has 30 heavy (non-hydrogen) atoms. The summed E-state index contributed by atoms with van der Waals surface area (Å²) in [5.41, 5.74) is 1.72. The number of ether oxygens (including phenoxy) is 1. The first-order valence-corrected chi connectivity index (χ1v) is 10.5. The molecule has 3 aromatic carbocycles. The topological polar surface area (TPSA) is 69.0 Å². The zero-order chi connectivity index (χ0) is 21.1. The molecule has 0 unspecified atom stereocenters. The van der Waals surface area contributed by atoms with Crippen LogP contribution in [0.4, 0.5) is 5.69 Å². The van der Waals surface area contributed by atoms with Crippen molar-refractivity contribution in [2.24, 2.45) is 0 Å². The Balaban J connectivity index is 1.54. The first kappa shape index (κ1) is 20.0. The number of anilines is 1. The van der Waals surface area contributed by atoms with Gasteiger partial charge in [0, 0.05) is 16.8 Å². The van der Waals surface area contributed by atoms with Gasteiger partial charge < -0.3 is 10.1 Å². The number of nitrogens with zero attached hydrogens (tertiary/aromatic N) is 3. The average Bonchev–Trinajstić information content (AvgIpc) is 3.13. The number of rotatable bonds is 6. The summed E-state index contributed by atoms with van der Waals surface area (Å²) in [5.74, 6) is 1.45. The molecule has 0 spiro atoms. The molecule has 1 amide bonds. The number of carbonyl (C=O) groups excluding carboxylic acids is 1. The second-order valence-electron chi connectivity index (χ2n) is 6.84. The minimum Gasteiger partial charge on any atom is -0.497 e. The summed E-state index contributed by atoms with van der Waals surface area (Å²) in [6.07, 6.45) is 0. The fourth-order valence-corrected chi connectivity index (χ4v) is 4.14. The summed E-state index contributed by atoms with van der Waals surface area (Å²) in [5, 5.41) is 13.9. The van der Waals surface area contributed by atoms with Crippen molar-refractivity contribution in [3.63, 3.8) is 0 Å². The Morgan fingerprint density at radius 3 is 2.53 bits per heavy atom. The minimum atomic E-state index is -0.357. The molecule has 0 aliphatic rings. The van der Waals surface area contributed by atoms with E-state index < -0.39 is 0 Å². The number of nitrogens with one attached hydrogen (secondary N) is 1. The molecular formula is C23H22N4O2S. The van der Waals surface area contributed by atoms with Crippen LogP contribution in [-0.4, -0.2) is 33.0 Å². The Kier molecular flexibility index (Phi) is 5.72. The third kappa shape index (κ3) is 4.02. The van der Waals surface area contributed by atoms with Gasteiger partial charge in [-0.25, -0.2) is 0 Å². The quantitative estimate of drug-likeness (QED) is 0.453. The van der Waals surface area contributed by atoms with Crippen molar-refractivity contribution in [3.05, 3.63) is 72.6 Å². The van der Waals surface area contributed by atoms with Gasteiger partial charge >= 0.3 is 0 Å². The van der Waals surface area contributed by atoms with Gasteiger partial charge in [0.25, 0.3) is 0 Å². The van der Waals surface area contributed by atoms with E-state index in [4.69, 9.17) is 4.74 Å². The summed E-state index contributed by atoms with van der Waals surface area (Å²) in [6.45, 7) is 3.76. The van der Waals surface area contributed by atoms with Gasteiger partial charge in [0.2, 0.25) is 5.91 Å². The van der Waals surface area contributed by atoms with Crippen LogP contribution in [0.5, 0.6) is 5.75 Å². The van der Waals surface area contributed by atoms with Gasteiger partial charge in [-0.15, -0.1) is 10.2 Å². The van der Waals surface area contributed by atoms with Gasteiger partial charge in [-0.05, 0) is 49.6 Å². The molecule has 0 fully saturated rings. The average molecular weight is 419 g/mol. The van der Waals surface area contributed by atoms with Crippen molar-refractivity contribution in [3.8, 4) is 11.4 Å². The Hall–Kier alpha value is -3.32. The first-order chi connectivity index (χ1) is 14.6. The number of aryl methyl sites for hydroxylation is 1. The van der Waals surface area contributed by atoms with Gasteiger partial charge in [-0.1, -0.05) is 48.2 Å². The monoisotopic (exact) mass is 418 g/mol. The molecule has 0 aliphatic carbocycles. The maximum atomic E-state index is 12.9.